The Morgan fingerprint density at radius 1 is 1.45 bits per heavy atom. The molecule has 0 amide bonds. The highest BCUT2D eigenvalue weighted by Crippen LogP contribution is 2.27. The molecule has 4 heteroatoms. The number of rotatable bonds is 5. The van der Waals surface area contributed by atoms with E-state index in [2.05, 4.69) is 4.90 Å². The molecular weight excluding hydrogens is 257 g/mol. The minimum Gasteiger partial charge on any atom is -0.481 e. The molecule has 20 heavy (non-hydrogen) atoms. The highest BCUT2D eigenvalue weighted by Gasteiger charge is 2.25. The molecule has 0 bridgehead atoms. The zero-order valence-corrected chi connectivity index (χ0v) is 11.9. The van der Waals surface area contributed by atoms with Crippen molar-refractivity contribution < 1.29 is 14.3 Å². The second-order valence-electron chi connectivity index (χ2n) is 5.84. The maximum absolute atomic E-state index is 12.9. The lowest BCUT2D eigenvalue weighted by atomic mass is 9.84. The Balaban J connectivity index is 1.89. The Hall–Kier alpha value is -1.42. The highest BCUT2D eigenvalue weighted by molar-refractivity contribution is 5.67. The Morgan fingerprint density at radius 2 is 2.15 bits per heavy atom. The zero-order chi connectivity index (χ0) is 14.5. The summed E-state index contributed by atoms with van der Waals surface area (Å²) in [6, 6.07) is 6.62. The molecule has 0 radical (unpaired) electrons. The van der Waals surface area contributed by atoms with Crippen LogP contribution < -0.4 is 0 Å². The lowest BCUT2D eigenvalue weighted by molar-refractivity contribution is -0.138. The molecular formula is C16H22FNO2. The first-order chi connectivity index (χ1) is 9.54. The molecule has 2 atom stereocenters. The summed E-state index contributed by atoms with van der Waals surface area (Å²) in [6.07, 6.45) is 2.46. The van der Waals surface area contributed by atoms with E-state index in [-0.39, 0.29) is 18.2 Å². The van der Waals surface area contributed by atoms with Crippen LogP contribution in [-0.4, -0.2) is 29.1 Å². The van der Waals surface area contributed by atoms with Gasteiger partial charge >= 0.3 is 5.97 Å². The van der Waals surface area contributed by atoms with Crippen LogP contribution in [0.5, 0.6) is 0 Å². The third-order valence-electron chi connectivity index (χ3n) is 4.16. The van der Waals surface area contributed by atoms with Gasteiger partial charge in [0.2, 0.25) is 0 Å². The monoisotopic (exact) mass is 279 g/mol. The summed E-state index contributed by atoms with van der Waals surface area (Å²) >= 11 is 0. The summed E-state index contributed by atoms with van der Waals surface area (Å²) in [6.45, 7) is 4.82. The van der Waals surface area contributed by atoms with Crippen molar-refractivity contribution in [2.45, 2.75) is 32.7 Å². The Bertz CT molecular complexity index is 446. The number of piperidine rings is 1. The normalized spacial score (nSPS) is 21.6. The van der Waals surface area contributed by atoms with Gasteiger partial charge in [-0.2, -0.15) is 0 Å². The maximum Gasteiger partial charge on any atom is 0.303 e. The number of benzene rings is 1. The molecule has 2 unspecified atom stereocenters. The van der Waals surface area contributed by atoms with Crippen molar-refractivity contribution in [2.75, 3.05) is 13.1 Å². The van der Waals surface area contributed by atoms with Crippen LogP contribution in [0.2, 0.25) is 0 Å². The smallest absolute Gasteiger partial charge is 0.303 e. The molecule has 2 rings (SSSR count). The summed E-state index contributed by atoms with van der Waals surface area (Å²) in [5.41, 5.74) is 1.11. The third kappa shape index (κ3) is 4.30. The van der Waals surface area contributed by atoms with Gasteiger partial charge < -0.3 is 5.11 Å². The van der Waals surface area contributed by atoms with Gasteiger partial charge in [-0.05, 0) is 48.9 Å². The average molecular weight is 279 g/mol. The van der Waals surface area contributed by atoms with Crippen LogP contribution in [0.25, 0.3) is 0 Å². The average Bonchev–Trinajstić information content (AvgIpc) is 2.41. The first-order valence-corrected chi connectivity index (χ1v) is 7.23. The molecule has 0 aromatic heterocycles. The second-order valence-corrected chi connectivity index (χ2v) is 5.84. The van der Waals surface area contributed by atoms with Gasteiger partial charge in [0.1, 0.15) is 5.82 Å². The number of halogens is 1. The van der Waals surface area contributed by atoms with Crippen LogP contribution in [0.3, 0.4) is 0 Å². The van der Waals surface area contributed by atoms with Crippen molar-refractivity contribution in [1.82, 2.24) is 4.90 Å². The molecule has 1 saturated heterocycles. The molecule has 0 aliphatic carbocycles. The lowest BCUT2D eigenvalue weighted by Gasteiger charge is -2.35. The van der Waals surface area contributed by atoms with E-state index < -0.39 is 5.97 Å². The fraction of sp³-hybridized carbons (Fsp3) is 0.562. The van der Waals surface area contributed by atoms with Crippen molar-refractivity contribution in [2.24, 2.45) is 11.8 Å². The third-order valence-corrected chi connectivity index (χ3v) is 4.16. The number of carbonyl (C=O) groups is 1. The molecule has 1 aromatic rings. The molecule has 1 fully saturated rings. The molecule has 0 spiro atoms. The first kappa shape index (κ1) is 15.0. The van der Waals surface area contributed by atoms with Gasteiger partial charge in [0.15, 0.2) is 0 Å². The van der Waals surface area contributed by atoms with E-state index in [9.17, 15) is 9.18 Å². The molecule has 1 aromatic carbocycles. The summed E-state index contributed by atoms with van der Waals surface area (Å²) in [4.78, 5) is 13.2. The van der Waals surface area contributed by atoms with E-state index in [1.165, 1.54) is 12.1 Å². The standard InChI is InChI=1S/C16H22FNO2/c1-12(9-16(19)20)14-3-2-8-18(11-14)10-13-4-6-15(17)7-5-13/h4-7,12,14H,2-3,8-11H2,1H3,(H,19,20). The Labute approximate surface area is 119 Å². The summed E-state index contributed by atoms with van der Waals surface area (Å²) in [5.74, 6) is -0.266. The molecule has 1 aliphatic rings. The van der Waals surface area contributed by atoms with Crippen molar-refractivity contribution in [3.05, 3.63) is 35.6 Å². The molecule has 1 N–H and O–H groups in total. The van der Waals surface area contributed by atoms with E-state index in [0.29, 0.717) is 5.92 Å². The van der Waals surface area contributed by atoms with Crippen LogP contribution >= 0.6 is 0 Å². The van der Waals surface area contributed by atoms with Crippen LogP contribution in [0.4, 0.5) is 4.39 Å². The summed E-state index contributed by atoms with van der Waals surface area (Å²) in [7, 11) is 0. The van der Waals surface area contributed by atoms with Gasteiger partial charge in [0.25, 0.3) is 0 Å². The van der Waals surface area contributed by atoms with E-state index in [0.717, 1.165) is 38.0 Å². The fourth-order valence-electron chi connectivity index (χ4n) is 2.99. The minimum absolute atomic E-state index is 0.208. The lowest BCUT2D eigenvalue weighted by Crippen LogP contribution is -2.37. The molecule has 3 nitrogen and oxygen atoms in total. The Morgan fingerprint density at radius 3 is 2.80 bits per heavy atom. The predicted octanol–water partition coefficient (Wildman–Crippen LogP) is 3.15. The molecule has 1 aliphatic heterocycles. The quantitative estimate of drug-likeness (QED) is 0.900. The number of hydrogen-bond donors (Lipinski definition) is 1. The SMILES string of the molecule is CC(CC(=O)O)C1CCCN(Cc2ccc(F)cc2)C1. The van der Waals surface area contributed by atoms with Crippen molar-refractivity contribution in [3.63, 3.8) is 0 Å². The van der Waals surface area contributed by atoms with E-state index >= 15 is 0 Å². The topological polar surface area (TPSA) is 40.5 Å². The fourth-order valence-corrected chi connectivity index (χ4v) is 2.99. The zero-order valence-electron chi connectivity index (χ0n) is 11.9. The van der Waals surface area contributed by atoms with Crippen LogP contribution in [0, 0.1) is 17.7 Å². The number of carboxylic acids is 1. The Kier molecular flexibility index (Phi) is 5.12. The van der Waals surface area contributed by atoms with E-state index in [1.54, 1.807) is 0 Å². The first-order valence-electron chi connectivity index (χ1n) is 7.23. The molecule has 0 saturated carbocycles. The number of carboxylic acid groups (broad SMARTS) is 1. The second kappa shape index (κ2) is 6.84. The van der Waals surface area contributed by atoms with Crippen LogP contribution in [0.15, 0.2) is 24.3 Å². The van der Waals surface area contributed by atoms with Gasteiger partial charge in [0, 0.05) is 19.5 Å². The minimum atomic E-state index is -0.715. The summed E-state index contributed by atoms with van der Waals surface area (Å²) < 4.78 is 12.9. The van der Waals surface area contributed by atoms with Gasteiger partial charge in [-0.15, -0.1) is 0 Å². The molecule has 110 valence electrons. The number of likely N-dealkylation sites (tertiary alicyclic amines) is 1. The van der Waals surface area contributed by atoms with E-state index in [1.807, 2.05) is 19.1 Å². The number of nitrogens with zero attached hydrogens (tertiary/aromatic N) is 1. The molecule has 1 heterocycles. The van der Waals surface area contributed by atoms with Gasteiger partial charge in [-0.25, -0.2) is 4.39 Å². The number of aliphatic carboxylic acids is 1. The van der Waals surface area contributed by atoms with Crippen LogP contribution in [0.1, 0.15) is 31.7 Å². The van der Waals surface area contributed by atoms with Gasteiger partial charge in [-0.3, -0.25) is 9.69 Å². The summed E-state index contributed by atoms with van der Waals surface area (Å²) in [5, 5.41) is 8.89. The largest absolute Gasteiger partial charge is 0.481 e. The van der Waals surface area contributed by atoms with Crippen LogP contribution in [-0.2, 0) is 11.3 Å². The van der Waals surface area contributed by atoms with Gasteiger partial charge in [-0.1, -0.05) is 19.1 Å². The van der Waals surface area contributed by atoms with Crippen molar-refractivity contribution >= 4 is 5.97 Å². The van der Waals surface area contributed by atoms with Crippen molar-refractivity contribution in [1.29, 1.82) is 0 Å². The van der Waals surface area contributed by atoms with Crippen molar-refractivity contribution in [3.8, 4) is 0 Å². The predicted molar refractivity (Wildman–Crippen MR) is 75.8 cm³/mol. The van der Waals surface area contributed by atoms with Gasteiger partial charge in [0.05, 0.1) is 0 Å². The van der Waals surface area contributed by atoms with E-state index in [4.69, 9.17) is 5.11 Å². The maximum atomic E-state index is 12.9. The number of hydrogen-bond acceptors (Lipinski definition) is 2. The highest BCUT2D eigenvalue weighted by atomic mass is 19.1.